The van der Waals surface area contributed by atoms with E-state index in [9.17, 15) is 22.8 Å². The highest BCUT2D eigenvalue weighted by atomic mass is 32.2. The smallest absolute Gasteiger partial charge is 0.330 e. The summed E-state index contributed by atoms with van der Waals surface area (Å²) in [5, 5.41) is 0. The number of piperidine rings is 1. The van der Waals surface area contributed by atoms with Crippen LogP contribution in [0.25, 0.3) is 0 Å². The van der Waals surface area contributed by atoms with Gasteiger partial charge in [0.1, 0.15) is 5.82 Å². The summed E-state index contributed by atoms with van der Waals surface area (Å²) in [7, 11) is -3.30. The van der Waals surface area contributed by atoms with Crippen molar-refractivity contribution >= 4 is 27.4 Å². The summed E-state index contributed by atoms with van der Waals surface area (Å²) in [4.78, 5) is 42.3. The van der Waals surface area contributed by atoms with Crippen LogP contribution in [-0.4, -0.2) is 53.6 Å². The van der Waals surface area contributed by atoms with Gasteiger partial charge in [0.25, 0.3) is 5.56 Å². The van der Waals surface area contributed by atoms with Gasteiger partial charge in [-0.3, -0.25) is 19.1 Å². The fourth-order valence-corrected chi connectivity index (χ4v) is 5.14. The molecule has 1 aromatic heterocycles. The molecule has 0 saturated carbocycles. The average Bonchev–Trinajstić information content (AvgIpc) is 2.77. The number of carbonyl (C=O) groups is 1. The van der Waals surface area contributed by atoms with Crippen LogP contribution in [0.3, 0.4) is 0 Å². The van der Waals surface area contributed by atoms with E-state index in [1.54, 1.807) is 6.92 Å². The normalized spacial score (nSPS) is 15.7. The molecule has 1 aromatic rings. The Morgan fingerprint density at radius 1 is 1.09 bits per heavy atom. The zero-order valence-corrected chi connectivity index (χ0v) is 20.2. The van der Waals surface area contributed by atoms with Crippen molar-refractivity contribution in [2.45, 2.75) is 72.3 Å². The molecule has 11 heteroatoms. The molecular formula is C21H37N5O5S. The molecule has 3 N–H and O–H groups in total. The molecule has 0 radical (unpaired) electrons. The first-order valence-electron chi connectivity index (χ1n) is 11.6. The van der Waals surface area contributed by atoms with Gasteiger partial charge in [-0.15, -0.1) is 0 Å². The highest BCUT2D eigenvalue weighted by Gasteiger charge is 2.34. The van der Waals surface area contributed by atoms with Crippen LogP contribution in [0.1, 0.15) is 65.7 Å². The molecule has 1 aliphatic heterocycles. The number of hydrogen-bond acceptors (Lipinski definition) is 6. The SMILES string of the molecule is CCCCCN(C(=O)C1CCN(S(=O)(=O)CC)CC1)c1c(N)n(CCCC)c(=O)[nH]c1=O. The van der Waals surface area contributed by atoms with Crippen molar-refractivity contribution < 1.29 is 13.2 Å². The van der Waals surface area contributed by atoms with Crippen LogP contribution in [0, 0.1) is 5.92 Å². The van der Waals surface area contributed by atoms with Crippen molar-refractivity contribution in [3.8, 4) is 0 Å². The standard InChI is InChI=1S/C21H37N5O5S/c1-4-7-9-13-25(17-18(22)26(12-8-5-2)21(29)23-19(17)27)20(28)16-10-14-24(15-11-16)32(30,31)6-3/h16H,4-15,22H2,1-3H3,(H,23,27,29). The van der Waals surface area contributed by atoms with E-state index < -0.39 is 27.2 Å². The molecule has 0 bridgehead atoms. The minimum atomic E-state index is -3.30. The maximum absolute atomic E-state index is 13.5. The number of aromatic nitrogens is 2. The summed E-state index contributed by atoms with van der Waals surface area (Å²) in [6.45, 7) is 6.86. The largest absolute Gasteiger partial charge is 0.383 e. The lowest BCUT2D eigenvalue weighted by atomic mass is 9.96. The molecule has 10 nitrogen and oxygen atoms in total. The van der Waals surface area contributed by atoms with Gasteiger partial charge in [-0.05, 0) is 32.6 Å². The van der Waals surface area contributed by atoms with Crippen LogP contribution in [0.5, 0.6) is 0 Å². The van der Waals surface area contributed by atoms with E-state index in [1.807, 2.05) is 13.8 Å². The fraction of sp³-hybridized carbons (Fsp3) is 0.762. The van der Waals surface area contributed by atoms with Crippen molar-refractivity contribution in [3.63, 3.8) is 0 Å². The van der Waals surface area contributed by atoms with E-state index >= 15 is 0 Å². The Morgan fingerprint density at radius 2 is 1.72 bits per heavy atom. The lowest BCUT2D eigenvalue weighted by molar-refractivity contribution is -0.123. The van der Waals surface area contributed by atoms with Gasteiger partial charge in [-0.2, -0.15) is 0 Å². The molecule has 0 spiro atoms. The molecule has 0 atom stereocenters. The van der Waals surface area contributed by atoms with E-state index in [-0.39, 0.29) is 36.3 Å². The maximum Gasteiger partial charge on any atom is 0.330 e. The molecule has 2 rings (SSSR count). The van der Waals surface area contributed by atoms with Crippen LogP contribution >= 0.6 is 0 Å². The summed E-state index contributed by atoms with van der Waals surface area (Å²) in [6, 6.07) is 0. The Balaban J connectivity index is 2.36. The fourth-order valence-electron chi connectivity index (χ4n) is 4.01. The molecule has 182 valence electrons. The topological polar surface area (TPSA) is 139 Å². The third-order valence-electron chi connectivity index (χ3n) is 6.03. The van der Waals surface area contributed by atoms with Crippen LogP contribution in [0.4, 0.5) is 11.5 Å². The van der Waals surface area contributed by atoms with E-state index in [0.717, 1.165) is 19.3 Å². The monoisotopic (exact) mass is 471 g/mol. The Hall–Kier alpha value is -2.14. The van der Waals surface area contributed by atoms with Gasteiger partial charge < -0.3 is 10.6 Å². The molecule has 1 saturated heterocycles. The number of anilines is 2. The van der Waals surface area contributed by atoms with Gasteiger partial charge in [0.05, 0.1) is 5.75 Å². The average molecular weight is 472 g/mol. The number of rotatable bonds is 11. The minimum absolute atomic E-state index is 0.00282. The molecule has 0 unspecified atom stereocenters. The number of nitrogens with two attached hydrogens (primary N) is 1. The minimum Gasteiger partial charge on any atom is -0.383 e. The van der Waals surface area contributed by atoms with Crippen molar-refractivity contribution in [2.24, 2.45) is 5.92 Å². The maximum atomic E-state index is 13.5. The van der Waals surface area contributed by atoms with Crippen LogP contribution in [-0.2, 0) is 21.4 Å². The predicted molar refractivity (Wildman–Crippen MR) is 126 cm³/mol. The molecule has 2 heterocycles. The Kier molecular flexibility index (Phi) is 9.50. The summed E-state index contributed by atoms with van der Waals surface area (Å²) in [5.74, 6) is -0.620. The van der Waals surface area contributed by atoms with Crippen molar-refractivity contribution in [1.29, 1.82) is 0 Å². The Morgan fingerprint density at radius 3 is 2.28 bits per heavy atom. The summed E-state index contributed by atoms with van der Waals surface area (Å²) < 4.78 is 27.0. The Bertz CT molecular complexity index is 993. The third-order valence-corrected chi connectivity index (χ3v) is 7.91. The molecular weight excluding hydrogens is 434 g/mol. The molecule has 0 aliphatic carbocycles. The highest BCUT2D eigenvalue weighted by molar-refractivity contribution is 7.89. The number of nitrogen functional groups attached to an aromatic ring is 1. The number of carbonyl (C=O) groups excluding carboxylic acids is 1. The zero-order valence-electron chi connectivity index (χ0n) is 19.4. The number of nitrogens with one attached hydrogen (secondary N) is 1. The van der Waals surface area contributed by atoms with Crippen LogP contribution in [0.15, 0.2) is 9.59 Å². The first-order chi connectivity index (χ1) is 15.2. The molecule has 32 heavy (non-hydrogen) atoms. The second-order valence-corrected chi connectivity index (χ2v) is 10.5. The highest BCUT2D eigenvalue weighted by Crippen LogP contribution is 2.26. The zero-order chi connectivity index (χ0) is 23.9. The van der Waals surface area contributed by atoms with Crippen molar-refractivity contribution in [2.75, 3.05) is 36.0 Å². The van der Waals surface area contributed by atoms with E-state index in [4.69, 9.17) is 5.73 Å². The molecule has 1 aliphatic rings. The summed E-state index contributed by atoms with van der Waals surface area (Å²) in [5.41, 5.74) is 5.03. The number of nitrogens with zero attached hydrogens (tertiary/aromatic N) is 3. The summed E-state index contributed by atoms with van der Waals surface area (Å²) >= 11 is 0. The van der Waals surface area contributed by atoms with E-state index in [2.05, 4.69) is 4.98 Å². The van der Waals surface area contributed by atoms with Crippen molar-refractivity contribution in [3.05, 3.63) is 20.8 Å². The number of unbranched alkanes of at least 4 members (excludes halogenated alkanes) is 3. The van der Waals surface area contributed by atoms with Crippen LogP contribution in [0.2, 0.25) is 0 Å². The Labute approximate surface area is 189 Å². The number of sulfonamides is 1. The molecule has 0 aromatic carbocycles. The quantitative estimate of drug-likeness (QED) is 0.469. The van der Waals surface area contributed by atoms with Gasteiger partial charge in [-0.25, -0.2) is 17.5 Å². The van der Waals surface area contributed by atoms with Gasteiger partial charge in [-0.1, -0.05) is 33.1 Å². The van der Waals surface area contributed by atoms with Gasteiger partial charge >= 0.3 is 5.69 Å². The summed E-state index contributed by atoms with van der Waals surface area (Å²) in [6.07, 6.45) is 4.84. The first-order valence-corrected chi connectivity index (χ1v) is 13.2. The second kappa shape index (κ2) is 11.6. The van der Waals surface area contributed by atoms with E-state index in [0.29, 0.717) is 38.8 Å². The molecule has 1 fully saturated rings. The lowest BCUT2D eigenvalue weighted by Crippen LogP contribution is -2.47. The van der Waals surface area contributed by atoms with Crippen molar-refractivity contribution in [1.82, 2.24) is 13.9 Å². The number of aromatic amines is 1. The van der Waals surface area contributed by atoms with Gasteiger partial charge in [0.15, 0.2) is 5.69 Å². The number of hydrogen-bond donors (Lipinski definition) is 2. The van der Waals surface area contributed by atoms with E-state index in [1.165, 1.54) is 13.8 Å². The van der Waals surface area contributed by atoms with Gasteiger partial charge in [0, 0.05) is 32.1 Å². The van der Waals surface area contributed by atoms with Crippen LogP contribution < -0.4 is 21.9 Å². The number of amides is 1. The third kappa shape index (κ3) is 6.00. The number of H-pyrrole nitrogens is 1. The second-order valence-electron chi connectivity index (χ2n) is 8.27. The molecule has 1 amide bonds. The lowest BCUT2D eigenvalue weighted by Gasteiger charge is -2.33. The predicted octanol–water partition coefficient (Wildman–Crippen LogP) is 1.50. The van der Waals surface area contributed by atoms with Gasteiger partial charge in [0.2, 0.25) is 15.9 Å². The first kappa shape index (κ1) is 26.1.